The average Bonchev–Trinajstić information content (AvgIpc) is 3.01. The van der Waals surface area contributed by atoms with Crippen LogP contribution in [0.25, 0.3) is 10.6 Å². The van der Waals surface area contributed by atoms with E-state index in [2.05, 4.69) is 10.3 Å². The van der Waals surface area contributed by atoms with E-state index < -0.39 is 17.8 Å². The van der Waals surface area contributed by atoms with Gasteiger partial charge < -0.3 is 10.2 Å². The van der Waals surface area contributed by atoms with Gasteiger partial charge in [0.1, 0.15) is 9.88 Å². The molecular weight excluding hydrogens is 327 g/mol. The van der Waals surface area contributed by atoms with Gasteiger partial charge in [-0.15, -0.1) is 11.3 Å². The van der Waals surface area contributed by atoms with Gasteiger partial charge in [-0.05, 0) is 0 Å². The summed E-state index contributed by atoms with van der Waals surface area (Å²) in [5, 5.41) is 3.27. The first-order valence-electron chi connectivity index (χ1n) is 7.10. The molecule has 1 amide bonds. The maximum absolute atomic E-state index is 13.3. The quantitative estimate of drug-likeness (QED) is 0.914. The highest BCUT2D eigenvalue weighted by atomic mass is 32.1. The molecule has 1 N–H and O–H groups in total. The maximum atomic E-state index is 13.3. The third-order valence-electron chi connectivity index (χ3n) is 3.51. The average molecular weight is 341 g/mol. The summed E-state index contributed by atoms with van der Waals surface area (Å²) in [7, 11) is 0. The van der Waals surface area contributed by atoms with Crippen molar-refractivity contribution in [3.63, 3.8) is 0 Å². The zero-order valence-electron chi connectivity index (χ0n) is 12.1. The molecule has 23 heavy (non-hydrogen) atoms. The highest BCUT2D eigenvalue weighted by Gasteiger charge is 2.40. The van der Waals surface area contributed by atoms with E-state index in [0.717, 1.165) is 11.3 Å². The Morgan fingerprint density at radius 2 is 1.83 bits per heavy atom. The molecule has 0 saturated carbocycles. The van der Waals surface area contributed by atoms with Gasteiger partial charge in [-0.3, -0.25) is 4.79 Å². The van der Waals surface area contributed by atoms with Crippen molar-refractivity contribution in [1.29, 1.82) is 0 Å². The van der Waals surface area contributed by atoms with E-state index in [1.807, 2.05) is 0 Å². The molecule has 122 valence electrons. The second-order valence-corrected chi connectivity index (χ2v) is 6.10. The van der Waals surface area contributed by atoms with Crippen molar-refractivity contribution in [1.82, 2.24) is 15.2 Å². The molecule has 3 rings (SSSR count). The number of thiazole rings is 1. The predicted molar refractivity (Wildman–Crippen MR) is 81.3 cm³/mol. The van der Waals surface area contributed by atoms with E-state index in [4.69, 9.17) is 0 Å². The summed E-state index contributed by atoms with van der Waals surface area (Å²) in [4.78, 5) is 17.3. The van der Waals surface area contributed by atoms with Gasteiger partial charge in [0.25, 0.3) is 5.91 Å². The minimum absolute atomic E-state index is 0.205. The lowest BCUT2D eigenvalue weighted by atomic mass is 10.2. The number of carbonyl (C=O) groups is 1. The number of nitrogens with one attached hydrogen (secondary N) is 1. The Kier molecular flexibility index (Phi) is 4.36. The Bertz CT molecular complexity index is 694. The summed E-state index contributed by atoms with van der Waals surface area (Å²) in [5.41, 5.74) is -0.521. The number of alkyl halides is 3. The van der Waals surface area contributed by atoms with Crippen LogP contribution in [0.4, 0.5) is 13.2 Å². The lowest BCUT2D eigenvalue weighted by Gasteiger charge is -2.27. The van der Waals surface area contributed by atoms with E-state index in [9.17, 15) is 18.0 Å². The van der Waals surface area contributed by atoms with E-state index in [0.29, 0.717) is 31.7 Å². The van der Waals surface area contributed by atoms with Gasteiger partial charge in [0.15, 0.2) is 5.69 Å². The van der Waals surface area contributed by atoms with E-state index >= 15 is 0 Å². The van der Waals surface area contributed by atoms with Crippen molar-refractivity contribution in [3.8, 4) is 10.6 Å². The van der Waals surface area contributed by atoms with Crippen LogP contribution in [-0.2, 0) is 6.18 Å². The summed E-state index contributed by atoms with van der Waals surface area (Å²) in [6.45, 7) is 1.96. The number of halogens is 3. The number of piperazine rings is 1. The molecule has 1 saturated heterocycles. The summed E-state index contributed by atoms with van der Waals surface area (Å²) >= 11 is 0.799. The molecular formula is C15H14F3N3OS. The van der Waals surface area contributed by atoms with Crippen molar-refractivity contribution in [2.45, 2.75) is 6.18 Å². The molecule has 2 aromatic rings. The topological polar surface area (TPSA) is 45.2 Å². The largest absolute Gasteiger partial charge is 0.435 e. The number of amides is 1. The first kappa shape index (κ1) is 15.9. The van der Waals surface area contributed by atoms with Crippen LogP contribution in [0.15, 0.2) is 30.3 Å². The molecule has 0 bridgehead atoms. The Labute approximate surface area is 135 Å². The number of hydrogen-bond donors (Lipinski definition) is 1. The number of aromatic nitrogens is 1. The second-order valence-electron chi connectivity index (χ2n) is 5.10. The van der Waals surface area contributed by atoms with Crippen LogP contribution in [0.3, 0.4) is 0 Å². The Balaban J connectivity index is 2.01. The molecule has 0 unspecified atom stereocenters. The van der Waals surface area contributed by atoms with Crippen LogP contribution >= 0.6 is 11.3 Å². The van der Waals surface area contributed by atoms with Crippen molar-refractivity contribution in [2.24, 2.45) is 0 Å². The number of benzene rings is 1. The summed E-state index contributed by atoms with van der Waals surface area (Å²) < 4.78 is 39.8. The van der Waals surface area contributed by atoms with E-state index in [-0.39, 0.29) is 9.88 Å². The molecule has 0 aliphatic carbocycles. The lowest BCUT2D eigenvalue weighted by molar-refractivity contribution is -0.141. The number of carbonyl (C=O) groups excluding carboxylic acids is 1. The monoisotopic (exact) mass is 341 g/mol. The van der Waals surface area contributed by atoms with Gasteiger partial charge in [0.2, 0.25) is 0 Å². The smallest absolute Gasteiger partial charge is 0.335 e. The Hall–Kier alpha value is -1.93. The van der Waals surface area contributed by atoms with Crippen molar-refractivity contribution >= 4 is 17.2 Å². The maximum Gasteiger partial charge on any atom is 0.435 e. The van der Waals surface area contributed by atoms with E-state index in [1.54, 1.807) is 30.3 Å². The first-order valence-corrected chi connectivity index (χ1v) is 7.92. The van der Waals surface area contributed by atoms with Gasteiger partial charge >= 0.3 is 6.18 Å². The molecule has 4 nitrogen and oxygen atoms in total. The van der Waals surface area contributed by atoms with Crippen LogP contribution in [0.2, 0.25) is 0 Å². The Morgan fingerprint density at radius 3 is 2.43 bits per heavy atom. The zero-order chi connectivity index (χ0) is 16.4. The van der Waals surface area contributed by atoms with Crippen LogP contribution in [0, 0.1) is 0 Å². The molecule has 1 aliphatic heterocycles. The van der Waals surface area contributed by atoms with Gasteiger partial charge in [-0.25, -0.2) is 4.98 Å². The fraction of sp³-hybridized carbons (Fsp3) is 0.333. The predicted octanol–water partition coefficient (Wildman–Crippen LogP) is 2.87. The molecule has 1 fully saturated rings. The fourth-order valence-corrected chi connectivity index (χ4v) is 3.43. The minimum atomic E-state index is -4.65. The molecule has 1 aromatic heterocycles. The first-order chi connectivity index (χ1) is 11.0. The lowest BCUT2D eigenvalue weighted by Crippen LogP contribution is -2.46. The van der Waals surface area contributed by atoms with E-state index in [1.165, 1.54) is 4.90 Å². The molecule has 1 aliphatic rings. The molecule has 1 aromatic carbocycles. The van der Waals surface area contributed by atoms with Gasteiger partial charge in [-0.2, -0.15) is 13.2 Å². The van der Waals surface area contributed by atoms with Gasteiger partial charge in [-0.1, -0.05) is 30.3 Å². The highest BCUT2D eigenvalue weighted by molar-refractivity contribution is 7.17. The van der Waals surface area contributed by atoms with Crippen LogP contribution < -0.4 is 5.32 Å². The third kappa shape index (κ3) is 3.37. The second kappa shape index (κ2) is 6.29. The van der Waals surface area contributed by atoms with Crippen LogP contribution in [0.5, 0.6) is 0 Å². The molecule has 0 radical (unpaired) electrons. The number of rotatable bonds is 2. The molecule has 8 heteroatoms. The van der Waals surface area contributed by atoms with Crippen molar-refractivity contribution < 1.29 is 18.0 Å². The van der Waals surface area contributed by atoms with Crippen LogP contribution in [0.1, 0.15) is 15.4 Å². The molecule has 0 atom stereocenters. The zero-order valence-corrected chi connectivity index (χ0v) is 12.9. The third-order valence-corrected chi connectivity index (χ3v) is 4.61. The summed E-state index contributed by atoms with van der Waals surface area (Å²) in [6.07, 6.45) is -4.65. The molecule has 2 heterocycles. The van der Waals surface area contributed by atoms with Crippen molar-refractivity contribution in [2.75, 3.05) is 26.2 Å². The highest BCUT2D eigenvalue weighted by Crippen LogP contribution is 2.38. The van der Waals surface area contributed by atoms with Crippen molar-refractivity contribution in [3.05, 3.63) is 40.9 Å². The minimum Gasteiger partial charge on any atom is -0.335 e. The van der Waals surface area contributed by atoms with Gasteiger partial charge in [0.05, 0.1) is 0 Å². The SMILES string of the molecule is O=C(c1sc(-c2ccccc2)nc1C(F)(F)F)N1CCNCC1. The van der Waals surface area contributed by atoms with Crippen LogP contribution in [-0.4, -0.2) is 42.0 Å². The summed E-state index contributed by atoms with van der Waals surface area (Å²) in [6, 6.07) is 8.58. The standard InChI is InChI=1S/C15H14F3N3OS/c16-15(17,18)12-11(14(22)21-8-6-19-7-9-21)23-13(20-12)10-4-2-1-3-5-10/h1-5,19H,6-9H2. The van der Waals surface area contributed by atoms with Gasteiger partial charge in [0, 0.05) is 31.7 Å². The Morgan fingerprint density at radius 1 is 1.17 bits per heavy atom. The fourth-order valence-electron chi connectivity index (χ4n) is 2.37. The number of hydrogen-bond acceptors (Lipinski definition) is 4. The molecule has 0 spiro atoms. The normalized spacial score (nSPS) is 15.7. The number of nitrogens with zero attached hydrogens (tertiary/aromatic N) is 2. The summed E-state index contributed by atoms with van der Waals surface area (Å²) in [5.74, 6) is -0.599.